The number of fused-ring (bicyclic) bond motifs is 1. The van der Waals surface area contributed by atoms with Crippen LogP contribution in [0.25, 0.3) is 10.9 Å². The first-order valence-corrected chi connectivity index (χ1v) is 11.7. The molecule has 0 amide bonds. The molecule has 0 unspecified atom stereocenters. The van der Waals surface area contributed by atoms with Crippen LogP contribution in [0, 0.1) is 11.3 Å². The minimum atomic E-state index is -0.200. The Balaban J connectivity index is 1.57. The van der Waals surface area contributed by atoms with Crippen LogP contribution in [0.4, 0.5) is 11.4 Å². The summed E-state index contributed by atoms with van der Waals surface area (Å²) < 4.78 is 16.8. The molecule has 190 valence electrons. The second-order valence-corrected chi connectivity index (χ2v) is 8.69. The Morgan fingerprint density at radius 2 is 1.75 bits per heavy atom. The number of anilines is 2. The maximum atomic E-state index is 10.4. The van der Waals surface area contributed by atoms with Gasteiger partial charge in [0.25, 0.3) is 0 Å². The lowest BCUT2D eigenvalue weighted by Crippen LogP contribution is -2.44. The van der Waals surface area contributed by atoms with Crippen LogP contribution < -0.4 is 19.5 Å². The Kier molecular flexibility index (Phi) is 7.83. The van der Waals surface area contributed by atoms with Gasteiger partial charge in [-0.3, -0.25) is 4.98 Å². The third kappa shape index (κ3) is 5.48. The van der Waals surface area contributed by atoms with Gasteiger partial charge in [-0.25, -0.2) is 0 Å². The molecule has 0 spiro atoms. The number of aromatic nitrogens is 1. The number of benzene rings is 2. The highest BCUT2D eigenvalue weighted by Gasteiger charge is 2.18. The molecular formula is C26H31N5O5. The first kappa shape index (κ1) is 25.2. The second-order valence-electron chi connectivity index (χ2n) is 8.69. The number of nitrogens with one attached hydrogen (secondary N) is 1. The molecule has 0 radical (unpaired) electrons. The van der Waals surface area contributed by atoms with Crippen LogP contribution in [-0.4, -0.2) is 85.6 Å². The summed E-state index contributed by atoms with van der Waals surface area (Å²) in [5.74, 6) is 0.860. The molecule has 0 aliphatic carbocycles. The highest BCUT2D eigenvalue weighted by molar-refractivity contribution is 5.98. The van der Waals surface area contributed by atoms with E-state index in [4.69, 9.17) is 14.2 Å². The Hall–Kier alpha value is -3.94. The van der Waals surface area contributed by atoms with Crippen molar-refractivity contribution in [2.24, 2.45) is 0 Å². The maximum absolute atomic E-state index is 10.4. The average Bonchev–Trinajstić information content (AvgIpc) is 2.88. The van der Waals surface area contributed by atoms with Crippen LogP contribution in [0.3, 0.4) is 0 Å². The van der Waals surface area contributed by atoms with Crippen molar-refractivity contribution in [1.29, 1.82) is 5.26 Å². The molecule has 0 atom stereocenters. The van der Waals surface area contributed by atoms with Gasteiger partial charge in [-0.1, -0.05) is 0 Å². The van der Waals surface area contributed by atoms with Crippen LogP contribution in [-0.2, 0) is 0 Å². The van der Waals surface area contributed by atoms with E-state index in [1.807, 2.05) is 0 Å². The molecule has 2 heterocycles. The van der Waals surface area contributed by atoms with E-state index in [2.05, 4.69) is 33.2 Å². The van der Waals surface area contributed by atoms with Gasteiger partial charge in [-0.05, 0) is 19.5 Å². The summed E-state index contributed by atoms with van der Waals surface area (Å²) >= 11 is 0. The number of nitriles is 1. The highest BCUT2D eigenvalue weighted by atomic mass is 16.5. The summed E-state index contributed by atoms with van der Waals surface area (Å²) in [4.78, 5) is 9.21. The average molecular weight is 494 g/mol. The summed E-state index contributed by atoms with van der Waals surface area (Å²) in [6, 6.07) is 8.30. The quantitative estimate of drug-likeness (QED) is 0.232. The molecule has 1 aromatic heterocycles. The number of hydrogen-bond donors (Lipinski definition) is 3. The van der Waals surface area contributed by atoms with Crippen LogP contribution in [0.15, 0.2) is 30.5 Å². The van der Waals surface area contributed by atoms with Crippen LogP contribution in [0.5, 0.6) is 28.7 Å². The molecule has 3 aromatic rings. The number of methoxy groups -OCH3 is 2. The lowest BCUT2D eigenvalue weighted by molar-refractivity contribution is 0.145. The van der Waals surface area contributed by atoms with E-state index in [1.54, 1.807) is 19.2 Å². The van der Waals surface area contributed by atoms with Crippen molar-refractivity contribution in [1.82, 2.24) is 14.8 Å². The molecule has 3 N–H and O–H groups in total. The Morgan fingerprint density at radius 3 is 2.44 bits per heavy atom. The molecule has 10 nitrogen and oxygen atoms in total. The zero-order valence-corrected chi connectivity index (χ0v) is 20.7. The zero-order valence-electron chi connectivity index (χ0n) is 20.7. The van der Waals surface area contributed by atoms with Crippen LogP contribution in [0.1, 0.15) is 12.0 Å². The smallest absolute Gasteiger partial charge is 0.163 e. The van der Waals surface area contributed by atoms with E-state index in [9.17, 15) is 15.5 Å². The SMILES string of the molecule is COc1cc(Nc2c(C#N)cnc3cc(OCCCN4CCN(C)CC4)c(OC)cc23)c(O)cc1O. The van der Waals surface area contributed by atoms with Crippen molar-refractivity contribution < 1.29 is 24.4 Å². The summed E-state index contributed by atoms with van der Waals surface area (Å²) in [6.07, 6.45) is 2.35. The van der Waals surface area contributed by atoms with Crippen molar-refractivity contribution >= 4 is 22.3 Å². The minimum Gasteiger partial charge on any atom is -0.506 e. The van der Waals surface area contributed by atoms with Crippen molar-refractivity contribution in [3.63, 3.8) is 0 Å². The molecule has 1 aliphatic heterocycles. The van der Waals surface area contributed by atoms with Crippen molar-refractivity contribution in [2.45, 2.75) is 6.42 Å². The van der Waals surface area contributed by atoms with Gasteiger partial charge in [-0.2, -0.15) is 5.26 Å². The van der Waals surface area contributed by atoms with E-state index in [0.717, 1.165) is 39.1 Å². The van der Waals surface area contributed by atoms with Crippen LogP contribution in [0.2, 0.25) is 0 Å². The molecule has 4 rings (SSSR count). The van der Waals surface area contributed by atoms with E-state index in [1.165, 1.54) is 25.4 Å². The molecule has 0 bridgehead atoms. The van der Waals surface area contributed by atoms with Gasteiger partial charge in [0.1, 0.15) is 11.8 Å². The molecule has 1 fully saturated rings. The fourth-order valence-electron chi connectivity index (χ4n) is 4.19. The number of rotatable bonds is 9. The van der Waals surface area contributed by atoms with Gasteiger partial charge >= 0.3 is 0 Å². The molecule has 10 heteroatoms. The van der Waals surface area contributed by atoms with E-state index in [-0.39, 0.29) is 28.5 Å². The largest absolute Gasteiger partial charge is 0.506 e. The highest BCUT2D eigenvalue weighted by Crippen LogP contribution is 2.41. The summed E-state index contributed by atoms with van der Waals surface area (Å²) in [5, 5.41) is 33.7. The number of ether oxygens (including phenoxy) is 3. The van der Waals surface area contributed by atoms with E-state index >= 15 is 0 Å². The van der Waals surface area contributed by atoms with Crippen molar-refractivity contribution in [3.8, 4) is 34.8 Å². The first-order valence-electron chi connectivity index (χ1n) is 11.7. The molecule has 2 aromatic carbocycles. The summed E-state index contributed by atoms with van der Waals surface area (Å²) in [7, 11) is 5.12. The Morgan fingerprint density at radius 1 is 1.00 bits per heavy atom. The number of pyridine rings is 1. The van der Waals surface area contributed by atoms with Crippen molar-refractivity contribution in [2.75, 3.05) is 65.9 Å². The number of piperazine rings is 1. The lowest BCUT2D eigenvalue weighted by Gasteiger charge is -2.32. The Bertz CT molecular complexity index is 1270. The fraction of sp³-hybridized carbons (Fsp3) is 0.385. The normalized spacial score (nSPS) is 14.4. The van der Waals surface area contributed by atoms with Crippen LogP contribution >= 0.6 is 0 Å². The third-order valence-electron chi connectivity index (χ3n) is 6.30. The number of aromatic hydroxyl groups is 2. The molecule has 36 heavy (non-hydrogen) atoms. The number of phenolic OH excluding ortho intramolecular Hbond substituents is 2. The lowest BCUT2D eigenvalue weighted by atomic mass is 10.1. The molecule has 0 saturated carbocycles. The summed E-state index contributed by atoms with van der Waals surface area (Å²) in [5.41, 5.74) is 1.57. The monoisotopic (exact) mass is 493 g/mol. The first-order chi connectivity index (χ1) is 17.4. The van der Waals surface area contributed by atoms with Gasteiger partial charge in [0.05, 0.1) is 43.3 Å². The number of likely N-dealkylation sites (N-methyl/N-ethyl adjacent to an activating group) is 1. The van der Waals surface area contributed by atoms with E-state index < -0.39 is 0 Å². The Labute approximate surface area is 210 Å². The number of phenols is 2. The predicted molar refractivity (Wildman–Crippen MR) is 137 cm³/mol. The standard InChI is InChI=1S/C26H31N5O5/c1-30-6-8-31(9-7-30)5-4-10-36-25-12-19-18(11-24(25)35-3)26(17(15-27)16-28-19)29-20-13-23(34-2)22(33)14-21(20)32/h11-14,16,32-33H,4-10H2,1-3H3,(H,28,29). The van der Waals surface area contributed by atoms with Gasteiger partial charge in [0, 0.05) is 62.5 Å². The molecule has 1 aliphatic rings. The second kappa shape index (κ2) is 11.2. The van der Waals surface area contributed by atoms with Gasteiger partial charge < -0.3 is 39.5 Å². The molecular weight excluding hydrogens is 462 g/mol. The number of nitrogens with zero attached hydrogens (tertiary/aromatic N) is 4. The zero-order chi connectivity index (χ0) is 25.7. The van der Waals surface area contributed by atoms with Gasteiger partial charge in [0.15, 0.2) is 23.0 Å². The molecule has 1 saturated heterocycles. The van der Waals surface area contributed by atoms with Crippen molar-refractivity contribution in [3.05, 3.63) is 36.0 Å². The van der Waals surface area contributed by atoms with Gasteiger partial charge in [-0.15, -0.1) is 0 Å². The maximum Gasteiger partial charge on any atom is 0.163 e. The summed E-state index contributed by atoms with van der Waals surface area (Å²) in [6.45, 7) is 5.82. The predicted octanol–water partition coefficient (Wildman–Crippen LogP) is 3.29. The van der Waals surface area contributed by atoms with Gasteiger partial charge in [0.2, 0.25) is 0 Å². The minimum absolute atomic E-state index is 0.178. The third-order valence-corrected chi connectivity index (χ3v) is 6.30. The number of hydrogen-bond acceptors (Lipinski definition) is 10. The van der Waals surface area contributed by atoms with E-state index in [0.29, 0.717) is 34.7 Å². The fourth-order valence-corrected chi connectivity index (χ4v) is 4.19. The topological polar surface area (TPSA) is 123 Å².